The summed E-state index contributed by atoms with van der Waals surface area (Å²) in [6.45, 7) is 5.22. The van der Waals surface area contributed by atoms with Gasteiger partial charge < -0.3 is 19.1 Å². The maximum atomic E-state index is 12.8. The van der Waals surface area contributed by atoms with Crippen LogP contribution in [-0.4, -0.2) is 48.9 Å². The van der Waals surface area contributed by atoms with Gasteiger partial charge in [-0.3, -0.25) is 14.9 Å². The molecule has 1 fully saturated rings. The lowest BCUT2D eigenvalue weighted by atomic mass is 10.1. The molecule has 178 valence electrons. The fourth-order valence-corrected chi connectivity index (χ4v) is 4.53. The van der Waals surface area contributed by atoms with Gasteiger partial charge in [0.15, 0.2) is 11.5 Å². The van der Waals surface area contributed by atoms with E-state index in [1.165, 1.54) is 11.3 Å². The van der Waals surface area contributed by atoms with Crippen molar-refractivity contribution in [3.8, 4) is 17.2 Å². The minimum atomic E-state index is -0.325. The molecule has 2 aromatic carbocycles. The summed E-state index contributed by atoms with van der Waals surface area (Å²) in [5, 5.41) is 12.2. The number of ether oxygens (including phenoxy) is 3. The third kappa shape index (κ3) is 5.12. The molecule has 34 heavy (non-hydrogen) atoms. The Hall–Kier alpha value is -3.66. The van der Waals surface area contributed by atoms with Crippen LogP contribution in [0.2, 0.25) is 0 Å². The minimum absolute atomic E-state index is 0.0220. The first-order valence-electron chi connectivity index (χ1n) is 11.0. The number of hydrogen-bond acceptors (Lipinski definition) is 8. The first-order chi connectivity index (χ1) is 16.5. The van der Waals surface area contributed by atoms with Gasteiger partial charge in [0, 0.05) is 30.1 Å². The first kappa shape index (κ1) is 23.5. The lowest BCUT2D eigenvalue weighted by Gasteiger charge is -2.16. The number of anilines is 2. The molecule has 0 radical (unpaired) electrons. The molecule has 1 aliphatic rings. The van der Waals surface area contributed by atoms with E-state index in [1.54, 1.807) is 30.2 Å². The van der Waals surface area contributed by atoms with E-state index in [1.807, 2.05) is 38.1 Å². The molecule has 2 heterocycles. The standard InChI is InChI=1S/C24H26N4O5S/c1-4-32-19-11-6-15(12-20(19)33-5-2)22(30)25-24-27-26-23(34-24)16-13-21(29)28(14-16)17-7-9-18(31-3)10-8-17/h6-12,16H,4-5,13-14H2,1-3H3,(H,25,27,30). The van der Waals surface area contributed by atoms with Crippen molar-refractivity contribution in [2.75, 3.05) is 37.1 Å². The molecule has 3 aromatic rings. The van der Waals surface area contributed by atoms with Gasteiger partial charge >= 0.3 is 0 Å². The number of nitrogens with zero attached hydrogens (tertiary/aromatic N) is 3. The minimum Gasteiger partial charge on any atom is -0.497 e. The fraction of sp³-hybridized carbons (Fsp3) is 0.333. The summed E-state index contributed by atoms with van der Waals surface area (Å²) < 4.78 is 16.3. The number of rotatable bonds is 9. The number of amides is 2. The van der Waals surface area contributed by atoms with Gasteiger partial charge in [-0.05, 0) is 56.3 Å². The highest BCUT2D eigenvalue weighted by molar-refractivity contribution is 7.15. The predicted molar refractivity (Wildman–Crippen MR) is 129 cm³/mol. The molecule has 1 atom stereocenters. The van der Waals surface area contributed by atoms with Crippen molar-refractivity contribution in [1.82, 2.24) is 10.2 Å². The molecule has 0 saturated carbocycles. The van der Waals surface area contributed by atoms with Crippen LogP contribution in [0.25, 0.3) is 0 Å². The molecular formula is C24H26N4O5S. The number of aromatic nitrogens is 2. The van der Waals surface area contributed by atoms with Gasteiger partial charge in [-0.25, -0.2) is 0 Å². The molecule has 1 aromatic heterocycles. The van der Waals surface area contributed by atoms with Crippen LogP contribution in [0.5, 0.6) is 17.2 Å². The van der Waals surface area contributed by atoms with Crippen LogP contribution < -0.4 is 24.4 Å². The molecule has 4 rings (SSSR count). The number of carbonyl (C=O) groups is 2. The Morgan fingerprint density at radius 2 is 1.82 bits per heavy atom. The largest absolute Gasteiger partial charge is 0.497 e. The van der Waals surface area contributed by atoms with E-state index in [0.717, 1.165) is 11.4 Å². The molecule has 0 spiro atoms. The van der Waals surface area contributed by atoms with Gasteiger partial charge in [0.2, 0.25) is 11.0 Å². The Labute approximate surface area is 201 Å². The SMILES string of the molecule is CCOc1ccc(C(=O)Nc2nnc(C3CC(=O)N(c4ccc(OC)cc4)C3)s2)cc1OCC. The monoisotopic (exact) mass is 482 g/mol. The zero-order valence-corrected chi connectivity index (χ0v) is 20.1. The summed E-state index contributed by atoms with van der Waals surface area (Å²) >= 11 is 1.28. The van der Waals surface area contributed by atoms with E-state index < -0.39 is 0 Å². The maximum absolute atomic E-state index is 12.8. The van der Waals surface area contributed by atoms with Gasteiger partial charge in [-0.2, -0.15) is 0 Å². The Balaban J connectivity index is 1.43. The second-order valence-corrected chi connectivity index (χ2v) is 8.54. The molecule has 2 amide bonds. The fourth-order valence-electron chi connectivity index (χ4n) is 3.70. The van der Waals surface area contributed by atoms with Crippen molar-refractivity contribution in [3.63, 3.8) is 0 Å². The van der Waals surface area contributed by atoms with Gasteiger partial charge in [0.05, 0.1) is 20.3 Å². The van der Waals surface area contributed by atoms with E-state index in [2.05, 4.69) is 15.5 Å². The molecule has 0 aliphatic carbocycles. The first-order valence-corrected chi connectivity index (χ1v) is 11.8. The van der Waals surface area contributed by atoms with E-state index in [9.17, 15) is 9.59 Å². The summed E-state index contributed by atoms with van der Waals surface area (Å²) in [4.78, 5) is 27.1. The summed E-state index contributed by atoms with van der Waals surface area (Å²) in [7, 11) is 1.60. The molecule has 10 heteroatoms. The third-order valence-electron chi connectivity index (χ3n) is 5.33. The second-order valence-electron chi connectivity index (χ2n) is 7.53. The van der Waals surface area contributed by atoms with Crippen molar-refractivity contribution in [2.24, 2.45) is 0 Å². The normalized spacial score (nSPS) is 15.3. The van der Waals surface area contributed by atoms with Crippen LogP contribution >= 0.6 is 11.3 Å². The average Bonchev–Trinajstić information content (AvgIpc) is 3.47. The zero-order chi connectivity index (χ0) is 24.1. The van der Waals surface area contributed by atoms with Gasteiger partial charge in [-0.1, -0.05) is 11.3 Å². The van der Waals surface area contributed by atoms with Crippen LogP contribution in [0.3, 0.4) is 0 Å². The van der Waals surface area contributed by atoms with Crippen molar-refractivity contribution in [3.05, 3.63) is 53.0 Å². The van der Waals surface area contributed by atoms with Crippen LogP contribution in [0.4, 0.5) is 10.8 Å². The summed E-state index contributed by atoms with van der Waals surface area (Å²) in [6.07, 6.45) is 0.339. The Morgan fingerprint density at radius 1 is 1.09 bits per heavy atom. The number of carbonyl (C=O) groups excluding carboxylic acids is 2. The Bertz CT molecular complexity index is 1160. The number of nitrogens with one attached hydrogen (secondary N) is 1. The molecule has 1 aliphatic heterocycles. The van der Waals surface area contributed by atoms with E-state index in [0.29, 0.717) is 53.4 Å². The van der Waals surface area contributed by atoms with Crippen LogP contribution in [0.15, 0.2) is 42.5 Å². The van der Waals surface area contributed by atoms with Gasteiger partial charge in [-0.15, -0.1) is 10.2 Å². The van der Waals surface area contributed by atoms with Gasteiger partial charge in [0.25, 0.3) is 5.91 Å². The topological polar surface area (TPSA) is 103 Å². The van der Waals surface area contributed by atoms with Crippen LogP contribution in [0, 0.1) is 0 Å². The number of methoxy groups -OCH3 is 1. The predicted octanol–water partition coefficient (Wildman–Crippen LogP) is 4.12. The van der Waals surface area contributed by atoms with Crippen molar-refractivity contribution in [1.29, 1.82) is 0 Å². The molecule has 0 bridgehead atoms. The highest BCUT2D eigenvalue weighted by Gasteiger charge is 2.34. The summed E-state index contributed by atoms with van der Waals surface area (Å²) in [5.41, 5.74) is 1.23. The molecule has 1 saturated heterocycles. The lowest BCUT2D eigenvalue weighted by Crippen LogP contribution is -2.24. The summed E-state index contributed by atoms with van der Waals surface area (Å²) in [6, 6.07) is 12.4. The van der Waals surface area contributed by atoms with Crippen molar-refractivity contribution >= 4 is 34.0 Å². The molecule has 9 nitrogen and oxygen atoms in total. The zero-order valence-electron chi connectivity index (χ0n) is 19.2. The van der Waals surface area contributed by atoms with Crippen molar-refractivity contribution < 1.29 is 23.8 Å². The third-order valence-corrected chi connectivity index (χ3v) is 6.33. The van der Waals surface area contributed by atoms with Crippen LogP contribution in [-0.2, 0) is 4.79 Å². The quantitative estimate of drug-likeness (QED) is 0.489. The van der Waals surface area contributed by atoms with Crippen LogP contribution in [0.1, 0.15) is 41.6 Å². The lowest BCUT2D eigenvalue weighted by molar-refractivity contribution is -0.117. The van der Waals surface area contributed by atoms with E-state index in [4.69, 9.17) is 14.2 Å². The number of benzene rings is 2. The molecular weight excluding hydrogens is 456 g/mol. The average molecular weight is 483 g/mol. The number of hydrogen-bond donors (Lipinski definition) is 1. The second kappa shape index (κ2) is 10.5. The van der Waals surface area contributed by atoms with E-state index >= 15 is 0 Å². The highest BCUT2D eigenvalue weighted by atomic mass is 32.1. The van der Waals surface area contributed by atoms with E-state index in [-0.39, 0.29) is 17.7 Å². The molecule has 1 unspecified atom stereocenters. The molecule has 1 N–H and O–H groups in total. The van der Waals surface area contributed by atoms with Crippen molar-refractivity contribution in [2.45, 2.75) is 26.2 Å². The summed E-state index contributed by atoms with van der Waals surface area (Å²) in [5.74, 6) is 1.44. The Morgan fingerprint density at radius 3 is 2.53 bits per heavy atom. The van der Waals surface area contributed by atoms with Gasteiger partial charge in [0.1, 0.15) is 10.8 Å². The highest BCUT2D eigenvalue weighted by Crippen LogP contribution is 2.35. The Kier molecular flexibility index (Phi) is 7.27. The maximum Gasteiger partial charge on any atom is 0.257 e. The smallest absolute Gasteiger partial charge is 0.257 e.